The zero-order chi connectivity index (χ0) is 20.0. The first kappa shape index (κ1) is 19.2. The molecule has 0 atom stereocenters. The number of anilines is 1. The average Bonchev–Trinajstić information content (AvgIpc) is 2.69. The molecule has 3 aromatic rings. The number of hydrogen-bond acceptors (Lipinski definition) is 6. The van der Waals surface area contributed by atoms with Crippen LogP contribution in [0, 0.1) is 6.92 Å². The Morgan fingerprint density at radius 1 is 1.00 bits per heavy atom. The van der Waals surface area contributed by atoms with Gasteiger partial charge < -0.3 is 15.3 Å². The van der Waals surface area contributed by atoms with Crippen molar-refractivity contribution in [1.82, 2.24) is 9.97 Å². The fraction of sp³-hybridized carbons (Fsp3) is 0.0500. The molecule has 0 saturated carbocycles. The molecule has 0 aliphatic rings. The van der Waals surface area contributed by atoms with Crippen molar-refractivity contribution >= 4 is 27.4 Å². The first-order valence-electron chi connectivity index (χ1n) is 8.33. The second-order valence-corrected chi connectivity index (χ2v) is 7.45. The minimum Gasteiger partial charge on any atom is -0.366 e. The highest BCUT2D eigenvalue weighted by atomic mass is 32.2. The lowest BCUT2D eigenvalue weighted by Gasteiger charge is -2.12. The van der Waals surface area contributed by atoms with Gasteiger partial charge in [0, 0.05) is 29.5 Å². The molecule has 2 aromatic carbocycles. The van der Waals surface area contributed by atoms with E-state index in [0.717, 1.165) is 5.56 Å². The van der Waals surface area contributed by atoms with E-state index in [1.165, 1.54) is 36.8 Å². The van der Waals surface area contributed by atoms with Gasteiger partial charge in [-0.15, -0.1) is 0 Å². The van der Waals surface area contributed by atoms with E-state index >= 15 is 0 Å². The molecule has 142 valence electrons. The van der Waals surface area contributed by atoms with Gasteiger partial charge in [0.25, 0.3) is 0 Å². The van der Waals surface area contributed by atoms with E-state index in [1.807, 2.05) is 19.1 Å². The summed E-state index contributed by atoms with van der Waals surface area (Å²) in [5.41, 5.74) is 2.30. The first-order valence-corrected chi connectivity index (χ1v) is 9.77. The lowest BCUT2D eigenvalue weighted by Crippen LogP contribution is -2.00. The number of hydrogen-bond donors (Lipinski definition) is 1. The van der Waals surface area contributed by atoms with Crippen LogP contribution in [0.2, 0.25) is 0 Å². The number of nitrogens with one attached hydrogen (secondary N) is 1. The van der Waals surface area contributed by atoms with Gasteiger partial charge in [0.05, 0.1) is 4.90 Å². The van der Waals surface area contributed by atoms with Gasteiger partial charge in [-0.25, -0.2) is 8.42 Å². The lowest BCUT2D eigenvalue weighted by molar-refractivity contribution is 0.104. The number of sulfonamides is 1. The van der Waals surface area contributed by atoms with Gasteiger partial charge in [0.1, 0.15) is 0 Å². The Hall–Kier alpha value is -3.52. The minimum absolute atomic E-state index is 0.0187. The number of allylic oxidation sites excluding steroid dienone is 1. The molecule has 0 aliphatic carbocycles. The highest BCUT2D eigenvalue weighted by Gasteiger charge is 2.11. The number of aryl methyl sites for hydroxylation is 1. The summed E-state index contributed by atoms with van der Waals surface area (Å²) in [6.07, 6.45) is 5.75. The van der Waals surface area contributed by atoms with Crippen LogP contribution in [0.3, 0.4) is 0 Å². The lowest BCUT2D eigenvalue weighted by atomic mass is 10.1. The number of ketones is 1. The van der Waals surface area contributed by atoms with E-state index < -0.39 is 10.0 Å². The number of benzene rings is 2. The number of carbonyl (C=O) groups excluding carboxylic acids is 1. The standard InChI is InChI=1S/C20H18N4O3S/c1-15-3-5-16(6-4-15)19(25)11-14-21-17-7-9-18(10-8-17)28(26,27)24-20-22-12-2-13-23-20/h2-14H,1H3,(H2,21,22,23,24,25)/p-1. The Labute approximate surface area is 163 Å². The summed E-state index contributed by atoms with van der Waals surface area (Å²) >= 11 is 0. The Balaban J connectivity index is 1.62. The molecular formula is C20H17N4O3S-. The zero-order valence-corrected chi connectivity index (χ0v) is 15.8. The fourth-order valence-corrected chi connectivity index (χ4v) is 3.14. The summed E-state index contributed by atoms with van der Waals surface area (Å²) in [6, 6.07) is 14.8. The molecule has 0 aliphatic heterocycles. The topological polar surface area (TPSA) is 103 Å². The van der Waals surface area contributed by atoms with Gasteiger partial charge in [-0.3, -0.25) is 9.52 Å². The van der Waals surface area contributed by atoms with Crippen LogP contribution in [-0.4, -0.2) is 24.2 Å². The van der Waals surface area contributed by atoms with Crippen molar-refractivity contribution in [1.29, 1.82) is 0 Å². The highest BCUT2D eigenvalue weighted by Crippen LogP contribution is 2.24. The van der Waals surface area contributed by atoms with Crippen molar-refractivity contribution in [2.24, 2.45) is 0 Å². The molecular weight excluding hydrogens is 376 g/mol. The maximum absolute atomic E-state index is 12.3. The summed E-state index contributed by atoms with van der Waals surface area (Å²) in [7, 11) is -3.90. The molecule has 1 N–H and O–H groups in total. The third-order valence-corrected chi connectivity index (χ3v) is 5.00. The second kappa shape index (κ2) is 8.45. The van der Waals surface area contributed by atoms with Crippen molar-refractivity contribution < 1.29 is 13.2 Å². The van der Waals surface area contributed by atoms with E-state index in [2.05, 4.69) is 20.0 Å². The van der Waals surface area contributed by atoms with Crippen LogP contribution in [-0.2, 0) is 10.0 Å². The molecule has 0 unspecified atom stereocenters. The number of rotatable bonds is 7. The summed E-state index contributed by atoms with van der Waals surface area (Å²) in [5, 5.41) is 2.93. The quantitative estimate of drug-likeness (QED) is 0.481. The summed E-state index contributed by atoms with van der Waals surface area (Å²) in [6.45, 7) is 1.95. The van der Waals surface area contributed by atoms with E-state index in [4.69, 9.17) is 0 Å². The molecule has 0 spiro atoms. The van der Waals surface area contributed by atoms with Crippen LogP contribution in [0.15, 0.2) is 84.2 Å². The Morgan fingerprint density at radius 3 is 2.29 bits per heavy atom. The number of nitrogens with zero attached hydrogens (tertiary/aromatic N) is 3. The van der Waals surface area contributed by atoms with Crippen LogP contribution >= 0.6 is 0 Å². The average molecular weight is 393 g/mol. The predicted molar refractivity (Wildman–Crippen MR) is 107 cm³/mol. The van der Waals surface area contributed by atoms with E-state index in [0.29, 0.717) is 11.3 Å². The molecule has 0 amide bonds. The van der Waals surface area contributed by atoms with Crippen LogP contribution < -0.4 is 5.32 Å². The first-order chi connectivity index (χ1) is 13.4. The van der Waals surface area contributed by atoms with Crippen LogP contribution in [0.5, 0.6) is 0 Å². The van der Waals surface area contributed by atoms with Gasteiger partial charge in [0.2, 0.25) is 10.0 Å². The molecule has 3 rings (SSSR count). The van der Waals surface area contributed by atoms with Crippen molar-refractivity contribution in [2.45, 2.75) is 11.8 Å². The third kappa shape index (κ3) is 5.01. The van der Waals surface area contributed by atoms with Gasteiger partial charge in [-0.2, -0.15) is 0 Å². The van der Waals surface area contributed by atoms with E-state index in [1.54, 1.807) is 30.3 Å². The maximum Gasteiger partial charge on any atom is 0.229 e. The monoisotopic (exact) mass is 393 g/mol. The van der Waals surface area contributed by atoms with Crippen molar-refractivity contribution in [3.05, 3.63) is 95.1 Å². The van der Waals surface area contributed by atoms with Gasteiger partial charge >= 0.3 is 0 Å². The zero-order valence-electron chi connectivity index (χ0n) is 15.0. The van der Waals surface area contributed by atoms with Crippen molar-refractivity contribution in [2.75, 3.05) is 5.32 Å². The smallest absolute Gasteiger partial charge is 0.229 e. The van der Waals surface area contributed by atoms with Crippen LogP contribution in [0.4, 0.5) is 11.6 Å². The molecule has 0 bridgehead atoms. The van der Waals surface area contributed by atoms with E-state index in [-0.39, 0.29) is 16.6 Å². The molecule has 1 heterocycles. The largest absolute Gasteiger partial charge is 0.366 e. The molecule has 0 saturated heterocycles. The molecule has 0 fully saturated rings. The van der Waals surface area contributed by atoms with Crippen molar-refractivity contribution in [3.8, 4) is 0 Å². The van der Waals surface area contributed by atoms with Gasteiger partial charge in [0.15, 0.2) is 5.78 Å². The summed E-state index contributed by atoms with van der Waals surface area (Å²) in [4.78, 5) is 19.7. The van der Waals surface area contributed by atoms with Crippen LogP contribution in [0.25, 0.3) is 4.72 Å². The SMILES string of the molecule is Cc1ccc(C(=O)/C=C\Nc2ccc(S(=O)(=O)[N-]c3ncccn3)cc2)cc1. The molecule has 1 aromatic heterocycles. The molecule has 8 heteroatoms. The predicted octanol–water partition coefficient (Wildman–Crippen LogP) is 3.99. The number of aromatic nitrogens is 2. The Bertz CT molecular complexity index is 1080. The second-order valence-electron chi connectivity index (χ2n) is 5.85. The third-order valence-electron chi connectivity index (χ3n) is 3.73. The molecule has 7 nitrogen and oxygen atoms in total. The highest BCUT2D eigenvalue weighted by molar-refractivity contribution is 7.94. The summed E-state index contributed by atoms with van der Waals surface area (Å²) in [5.74, 6) is -0.254. The molecule has 28 heavy (non-hydrogen) atoms. The van der Waals surface area contributed by atoms with Gasteiger partial charge in [-0.05, 0) is 43.6 Å². The molecule has 0 radical (unpaired) electrons. The van der Waals surface area contributed by atoms with Crippen LogP contribution in [0.1, 0.15) is 15.9 Å². The fourth-order valence-electron chi connectivity index (χ4n) is 2.25. The van der Waals surface area contributed by atoms with Crippen molar-refractivity contribution in [3.63, 3.8) is 0 Å². The summed E-state index contributed by atoms with van der Waals surface area (Å²) < 4.78 is 28.1. The Morgan fingerprint density at radius 2 is 1.64 bits per heavy atom. The Kier molecular flexibility index (Phi) is 5.81. The number of carbonyl (C=O) groups is 1. The van der Waals surface area contributed by atoms with E-state index in [9.17, 15) is 13.2 Å². The normalized spacial score (nSPS) is 11.3. The van der Waals surface area contributed by atoms with Gasteiger partial charge in [-0.1, -0.05) is 35.9 Å². The minimum atomic E-state index is -3.90. The maximum atomic E-state index is 12.3.